The lowest BCUT2D eigenvalue weighted by Crippen LogP contribution is -2.64. The van der Waals surface area contributed by atoms with Crippen LogP contribution in [-0.4, -0.2) is 50.9 Å². The van der Waals surface area contributed by atoms with Crippen LogP contribution >= 0.6 is 0 Å². The fourth-order valence-electron chi connectivity index (χ4n) is 4.74. The Morgan fingerprint density at radius 1 is 1.11 bits per heavy atom. The number of nitrogens with one attached hydrogen (secondary N) is 2. The molecule has 1 aliphatic heterocycles. The average Bonchev–Trinajstić information content (AvgIpc) is 3.64. The highest BCUT2D eigenvalue weighted by Gasteiger charge is 2.53. The molecular formula is C27H28FN5O4. The number of imidazole rings is 1. The topological polar surface area (TPSA) is 106 Å². The van der Waals surface area contributed by atoms with Gasteiger partial charge in [0.2, 0.25) is 5.91 Å². The Balaban J connectivity index is 1.34. The van der Waals surface area contributed by atoms with Gasteiger partial charge in [-0.25, -0.2) is 9.37 Å². The van der Waals surface area contributed by atoms with Gasteiger partial charge in [-0.2, -0.15) is 0 Å². The van der Waals surface area contributed by atoms with E-state index in [0.717, 1.165) is 24.0 Å². The van der Waals surface area contributed by atoms with Crippen LogP contribution in [0.2, 0.25) is 0 Å². The summed E-state index contributed by atoms with van der Waals surface area (Å²) in [6, 6.07) is 13.1. The molecule has 1 atom stereocenters. The number of hydrogen-bond acceptors (Lipinski definition) is 5. The van der Waals surface area contributed by atoms with Crippen LogP contribution in [0.15, 0.2) is 54.9 Å². The maximum atomic E-state index is 13.7. The van der Waals surface area contributed by atoms with Crippen LogP contribution in [-0.2, 0) is 24.4 Å². The highest BCUT2D eigenvalue weighted by molar-refractivity contribution is 6.07. The van der Waals surface area contributed by atoms with Crippen LogP contribution in [0.3, 0.4) is 0 Å². The third-order valence-electron chi connectivity index (χ3n) is 6.84. The van der Waals surface area contributed by atoms with Gasteiger partial charge in [0.15, 0.2) is 5.69 Å². The van der Waals surface area contributed by atoms with Gasteiger partial charge in [-0.1, -0.05) is 24.3 Å². The second kappa shape index (κ2) is 9.68. The molecule has 0 radical (unpaired) electrons. The van der Waals surface area contributed by atoms with Crippen LogP contribution in [0, 0.1) is 5.82 Å². The number of rotatable bonds is 8. The standard InChI is InChI=1S/C27H28FN5O4/c1-27(26(36)30-13-17-6-8-19(28)9-7-17)15-32-16-31-22(23(32)25(35)33(27)20-10-11-20)24(34)29-14-18-4-3-5-21(12-18)37-2/h3-9,12,16,20H,10-11,13-15H2,1-2H3,(H,29,34)(H,30,36)/t27-/m1/s1. The molecule has 0 bridgehead atoms. The first-order valence-electron chi connectivity index (χ1n) is 12.1. The lowest BCUT2D eigenvalue weighted by Gasteiger charge is -2.44. The molecule has 1 aromatic heterocycles. The van der Waals surface area contributed by atoms with Crippen molar-refractivity contribution in [2.24, 2.45) is 0 Å². The first-order valence-corrected chi connectivity index (χ1v) is 12.1. The summed E-state index contributed by atoms with van der Waals surface area (Å²) in [4.78, 5) is 46.0. The number of benzene rings is 2. The van der Waals surface area contributed by atoms with Gasteiger partial charge in [0.25, 0.3) is 11.8 Å². The number of nitrogens with zero attached hydrogens (tertiary/aromatic N) is 3. The van der Waals surface area contributed by atoms with E-state index < -0.39 is 17.4 Å². The van der Waals surface area contributed by atoms with Crippen molar-refractivity contribution in [3.05, 3.63) is 83.2 Å². The molecular weight excluding hydrogens is 477 g/mol. The van der Waals surface area contributed by atoms with E-state index in [1.54, 1.807) is 35.6 Å². The van der Waals surface area contributed by atoms with Crippen molar-refractivity contribution in [1.82, 2.24) is 25.1 Å². The quantitative estimate of drug-likeness (QED) is 0.490. The zero-order valence-corrected chi connectivity index (χ0v) is 20.7. The Bertz CT molecular complexity index is 1350. The van der Waals surface area contributed by atoms with E-state index in [9.17, 15) is 18.8 Å². The van der Waals surface area contributed by atoms with Crippen LogP contribution in [0.4, 0.5) is 4.39 Å². The number of carbonyl (C=O) groups excluding carboxylic acids is 3. The maximum Gasteiger partial charge on any atom is 0.274 e. The molecule has 0 unspecified atom stereocenters. The van der Waals surface area contributed by atoms with Gasteiger partial charge in [0, 0.05) is 19.1 Å². The second-order valence-corrected chi connectivity index (χ2v) is 9.59. The zero-order valence-electron chi connectivity index (χ0n) is 20.7. The van der Waals surface area contributed by atoms with E-state index in [0.29, 0.717) is 5.75 Å². The number of aromatic nitrogens is 2. The minimum Gasteiger partial charge on any atom is -0.497 e. The summed E-state index contributed by atoms with van der Waals surface area (Å²) >= 11 is 0. The van der Waals surface area contributed by atoms with Crippen molar-refractivity contribution in [2.75, 3.05) is 7.11 Å². The summed E-state index contributed by atoms with van der Waals surface area (Å²) in [5.74, 6) is -0.850. The van der Waals surface area contributed by atoms with Crippen LogP contribution in [0.25, 0.3) is 0 Å². The molecule has 1 saturated carbocycles. The second-order valence-electron chi connectivity index (χ2n) is 9.59. The molecule has 3 amide bonds. The fourth-order valence-corrected chi connectivity index (χ4v) is 4.74. The normalized spacial score (nSPS) is 18.8. The molecule has 2 aliphatic rings. The molecule has 37 heavy (non-hydrogen) atoms. The minimum absolute atomic E-state index is 0.0346. The predicted molar refractivity (Wildman–Crippen MR) is 132 cm³/mol. The number of hydrogen-bond donors (Lipinski definition) is 2. The van der Waals surface area contributed by atoms with Crippen LogP contribution < -0.4 is 15.4 Å². The average molecular weight is 506 g/mol. The SMILES string of the molecule is COc1cccc(CNC(=O)c2ncn3c2C(=O)N(C2CC2)[C@@](C)(C(=O)NCc2ccc(F)cc2)C3)c1. The van der Waals surface area contributed by atoms with Crippen LogP contribution in [0.5, 0.6) is 5.75 Å². The molecule has 1 fully saturated rings. The smallest absolute Gasteiger partial charge is 0.274 e. The van der Waals surface area contributed by atoms with Crippen molar-refractivity contribution >= 4 is 17.7 Å². The molecule has 2 N–H and O–H groups in total. The number of carbonyl (C=O) groups is 3. The van der Waals surface area contributed by atoms with Gasteiger partial charge in [-0.3, -0.25) is 14.4 Å². The summed E-state index contributed by atoms with van der Waals surface area (Å²) in [6.07, 6.45) is 3.01. The largest absolute Gasteiger partial charge is 0.497 e. The fraction of sp³-hybridized carbons (Fsp3) is 0.333. The number of halogens is 1. The predicted octanol–water partition coefficient (Wildman–Crippen LogP) is 2.65. The monoisotopic (exact) mass is 505 g/mol. The van der Waals surface area contributed by atoms with Crippen LogP contribution in [0.1, 0.15) is 51.9 Å². The first-order chi connectivity index (χ1) is 17.8. The highest BCUT2D eigenvalue weighted by atomic mass is 19.1. The van der Waals surface area contributed by atoms with Crippen molar-refractivity contribution in [3.8, 4) is 5.75 Å². The Morgan fingerprint density at radius 3 is 2.54 bits per heavy atom. The van der Waals surface area contributed by atoms with Crippen molar-refractivity contribution in [1.29, 1.82) is 0 Å². The molecule has 3 aromatic rings. The third-order valence-corrected chi connectivity index (χ3v) is 6.84. The summed E-state index contributed by atoms with van der Waals surface area (Å²) in [6.45, 7) is 2.34. The highest BCUT2D eigenvalue weighted by Crippen LogP contribution is 2.38. The van der Waals surface area contributed by atoms with E-state index in [2.05, 4.69) is 15.6 Å². The summed E-state index contributed by atoms with van der Waals surface area (Å²) in [5, 5.41) is 5.71. The first kappa shape index (κ1) is 24.5. The number of amides is 3. The van der Waals surface area contributed by atoms with E-state index in [1.165, 1.54) is 18.5 Å². The number of methoxy groups -OCH3 is 1. The number of ether oxygens (including phenoxy) is 1. The van der Waals surface area contributed by atoms with Crippen molar-refractivity contribution in [2.45, 2.75) is 51.0 Å². The molecule has 192 valence electrons. The van der Waals surface area contributed by atoms with Gasteiger partial charge in [0.05, 0.1) is 20.0 Å². The molecule has 0 spiro atoms. The summed E-state index contributed by atoms with van der Waals surface area (Å²) < 4.78 is 20.0. The molecule has 5 rings (SSSR count). The molecule has 0 saturated heterocycles. The van der Waals surface area contributed by atoms with Gasteiger partial charge in [0.1, 0.15) is 22.8 Å². The molecule has 2 aromatic carbocycles. The van der Waals surface area contributed by atoms with E-state index in [1.807, 2.05) is 24.3 Å². The maximum absolute atomic E-state index is 13.7. The minimum atomic E-state index is -1.17. The summed E-state index contributed by atoms with van der Waals surface area (Å²) in [7, 11) is 1.57. The summed E-state index contributed by atoms with van der Waals surface area (Å²) in [5.41, 5.74) is 0.639. The van der Waals surface area contributed by atoms with E-state index in [4.69, 9.17) is 4.74 Å². The van der Waals surface area contributed by atoms with E-state index in [-0.39, 0.29) is 48.8 Å². The van der Waals surface area contributed by atoms with Gasteiger partial charge < -0.3 is 24.8 Å². The van der Waals surface area contributed by atoms with Gasteiger partial charge in [-0.15, -0.1) is 0 Å². The lowest BCUT2D eigenvalue weighted by molar-refractivity contribution is -0.133. The van der Waals surface area contributed by atoms with Gasteiger partial charge >= 0.3 is 0 Å². The van der Waals surface area contributed by atoms with Crippen molar-refractivity contribution in [3.63, 3.8) is 0 Å². The third kappa shape index (κ3) is 4.78. The molecule has 9 nitrogen and oxygen atoms in total. The van der Waals surface area contributed by atoms with E-state index >= 15 is 0 Å². The Labute approximate surface area is 213 Å². The molecule has 1 aliphatic carbocycles. The Hall–Kier alpha value is -4.21. The van der Waals surface area contributed by atoms with Crippen molar-refractivity contribution < 1.29 is 23.5 Å². The number of fused-ring (bicyclic) bond motifs is 1. The molecule has 2 heterocycles. The zero-order chi connectivity index (χ0) is 26.2. The lowest BCUT2D eigenvalue weighted by atomic mass is 9.93. The Kier molecular flexibility index (Phi) is 6.41. The van der Waals surface area contributed by atoms with Gasteiger partial charge in [-0.05, 0) is 55.2 Å². The Morgan fingerprint density at radius 2 is 1.84 bits per heavy atom. The molecule has 10 heteroatoms.